The molecule has 0 saturated heterocycles. The Kier molecular flexibility index (Phi) is 9.65. The summed E-state index contributed by atoms with van der Waals surface area (Å²) in [7, 11) is -9.90. The van der Waals surface area contributed by atoms with E-state index in [4.69, 9.17) is 9.47 Å². The summed E-state index contributed by atoms with van der Waals surface area (Å²) in [4.78, 5) is 24.0. The molecule has 0 aromatic heterocycles. The molecule has 4 aromatic carbocycles. The van der Waals surface area contributed by atoms with E-state index in [1.165, 1.54) is 99.1 Å². The molecule has 17 heteroatoms. The van der Waals surface area contributed by atoms with Gasteiger partial charge in [0.2, 0.25) is 9.84 Å². The summed E-state index contributed by atoms with van der Waals surface area (Å²) in [5, 5.41) is 4.57. The van der Waals surface area contributed by atoms with Crippen molar-refractivity contribution in [3.05, 3.63) is 97.1 Å². The minimum absolute atomic E-state index is 0.0316. The molecular formula is C28H26N4O10S3. The number of hydrogen-bond donors (Lipinski definition) is 4. The topological polar surface area (TPSA) is 203 Å². The van der Waals surface area contributed by atoms with Crippen LogP contribution in [0.3, 0.4) is 0 Å². The SMILES string of the molecule is COc1ccc(S(=O)(=O)NC(=O)Nc2cccc(S(=O)(=O)c3cccc(NC(=O)NS(=O)(=O)c4ccc(OC)cc4)c3)c2)cc1. The van der Waals surface area contributed by atoms with Gasteiger partial charge in [-0.25, -0.2) is 44.3 Å². The van der Waals surface area contributed by atoms with E-state index in [9.17, 15) is 34.8 Å². The average Bonchev–Trinajstić information content (AvgIpc) is 3.00. The molecule has 0 spiro atoms. The maximum atomic E-state index is 13.4. The van der Waals surface area contributed by atoms with Crippen LogP contribution in [0.25, 0.3) is 0 Å². The first-order valence-corrected chi connectivity index (χ1v) is 17.1. The number of hydrogen-bond acceptors (Lipinski definition) is 10. The van der Waals surface area contributed by atoms with Crippen molar-refractivity contribution in [3.63, 3.8) is 0 Å². The predicted octanol–water partition coefficient (Wildman–Crippen LogP) is 3.56. The van der Waals surface area contributed by atoms with Gasteiger partial charge in [-0.05, 0) is 84.9 Å². The highest BCUT2D eigenvalue weighted by molar-refractivity contribution is 7.91. The lowest BCUT2D eigenvalue weighted by molar-refractivity contribution is 0.255. The summed E-state index contributed by atoms with van der Waals surface area (Å²) >= 11 is 0. The Morgan fingerprint density at radius 3 is 1.20 bits per heavy atom. The van der Waals surface area contributed by atoms with Crippen LogP contribution in [0.15, 0.2) is 117 Å². The van der Waals surface area contributed by atoms with E-state index >= 15 is 0 Å². The standard InChI is InChI=1S/C28H26N4O10S3/c1-41-21-9-13-23(14-10-21)44(37,38)31-27(33)29-19-5-3-7-25(17-19)43(35,36)26-8-4-6-20(18-26)30-28(34)32-45(39,40)24-15-11-22(42-2)12-16-24/h3-18H,1-2H3,(H2,29,31,33)(H2,30,32,34). The number of carbonyl (C=O) groups is 2. The molecule has 0 radical (unpaired) electrons. The average molecular weight is 675 g/mol. The monoisotopic (exact) mass is 674 g/mol. The van der Waals surface area contributed by atoms with Gasteiger partial charge in [0.05, 0.1) is 33.8 Å². The quantitative estimate of drug-likeness (QED) is 0.193. The van der Waals surface area contributed by atoms with Crippen molar-refractivity contribution >= 4 is 53.3 Å². The van der Waals surface area contributed by atoms with E-state index in [2.05, 4.69) is 10.6 Å². The van der Waals surface area contributed by atoms with Gasteiger partial charge in [-0.15, -0.1) is 0 Å². The van der Waals surface area contributed by atoms with Gasteiger partial charge in [0.15, 0.2) is 0 Å². The van der Waals surface area contributed by atoms with Crippen LogP contribution in [0.2, 0.25) is 0 Å². The van der Waals surface area contributed by atoms with Gasteiger partial charge in [-0.1, -0.05) is 12.1 Å². The number of benzene rings is 4. The number of sulfonamides is 2. The first-order valence-electron chi connectivity index (χ1n) is 12.6. The second kappa shape index (κ2) is 13.2. The third-order valence-corrected chi connectivity index (χ3v) is 10.4. The van der Waals surface area contributed by atoms with Gasteiger partial charge in [0.25, 0.3) is 20.0 Å². The molecule has 0 unspecified atom stereocenters. The van der Waals surface area contributed by atoms with E-state index in [-0.39, 0.29) is 31.0 Å². The van der Waals surface area contributed by atoms with Gasteiger partial charge in [0, 0.05) is 11.4 Å². The number of ether oxygens (including phenoxy) is 2. The van der Waals surface area contributed by atoms with Crippen molar-refractivity contribution in [3.8, 4) is 11.5 Å². The number of urea groups is 2. The molecule has 0 aliphatic rings. The van der Waals surface area contributed by atoms with Crippen LogP contribution in [0.4, 0.5) is 21.0 Å². The van der Waals surface area contributed by atoms with Gasteiger partial charge in [-0.2, -0.15) is 0 Å². The highest BCUT2D eigenvalue weighted by Crippen LogP contribution is 2.26. The van der Waals surface area contributed by atoms with Crippen molar-refractivity contribution in [2.75, 3.05) is 24.9 Å². The molecule has 4 amide bonds. The van der Waals surface area contributed by atoms with Crippen LogP contribution >= 0.6 is 0 Å². The fourth-order valence-corrected chi connectivity index (χ4v) is 6.97. The molecular weight excluding hydrogens is 649 g/mol. The Morgan fingerprint density at radius 2 is 0.867 bits per heavy atom. The molecule has 0 atom stereocenters. The number of anilines is 2. The fraction of sp³-hybridized carbons (Fsp3) is 0.0714. The number of rotatable bonds is 10. The van der Waals surface area contributed by atoms with Gasteiger partial charge >= 0.3 is 12.1 Å². The lowest BCUT2D eigenvalue weighted by Crippen LogP contribution is -2.34. The summed E-state index contributed by atoms with van der Waals surface area (Å²) in [6.07, 6.45) is 0. The lowest BCUT2D eigenvalue weighted by Gasteiger charge is -2.12. The summed E-state index contributed by atoms with van der Waals surface area (Å²) < 4.78 is 90.6. The molecule has 0 aliphatic carbocycles. The van der Waals surface area contributed by atoms with Gasteiger partial charge in [-0.3, -0.25) is 0 Å². The van der Waals surface area contributed by atoms with Gasteiger partial charge in [0.1, 0.15) is 11.5 Å². The van der Waals surface area contributed by atoms with Gasteiger partial charge < -0.3 is 20.1 Å². The third-order valence-electron chi connectivity index (χ3n) is 6.00. The highest BCUT2D eigenvalue weighted by Gasteiger charge is 2.22. The Morgan fingerprint density at radius 1 is 0.511 bits per heavy atom. The summed E-state index contributed by atoms with van der Waals surface area (Å²) in [6, 6.07) is 18.4. The van der Waals surface area contributed by atoms with Crippen molar-refractivity contribution < 1.29 is 44.3 Å². The second-order valence-electron chi connectivity index (χ2n) is 9.03. The maximum absolute atomic E-state index is 13.4. The van der Waals surface area contributed by atoms with Crippen LogP contribution in [0, 0.1) is 0 Å². The molecule has 45 heavy (non-hydrogen) atoms. The molecule has 4 aromatic rings. The minimum atomic E-state index is -4.25. The van der Waals surface area contributed by atoms with E-state index in [1.54, 1.807) is 0 Å². The highest BCUT2D eigenvalue weighted by atomic mass is 32.2. The summed E-state index contributed by atoms with van der Waals surface area (Å²) in [5.41, 5.74) is -0.0631. The molecule has 0 bridgehead atoms. The van der Waals surface area contributed by atoms with Crippen LogP contribution in [-0.4, -0.2) is 51.5 Å². The Bertz CT molecular complexity index is 1910. The van der Waals surface area contributed by atoms with Crippen molar-refractivity contribution in [2.24, 2.45) is 0 Å². The maximum Gasteiger partial charge on any atom is 0.333 e. The van der Waals surface area contributed by atoms with E-state index in [0.717, 1.165) is 12.1 Å². The number of amides is 4. The zero-order valence-electron chi connectivity index (χ0n) is 23.5. The van der Waals surface area contributed by atoms with Crippen molar-refractivity contribution in [2.45, 2.75) is 19.6 Å². The predicted molar refractivity (Wildman–Crippen MR) is 163 cm³/mol. The van der Waals surface area contributed by atoms with E-state index in [0.29, 0.717) is 11.5 Å². The first kappa shape index (κ1) is 32.8. The smallest absolute Gasteiger partial charge is 0.333 e. The molecule has 4 rings (SSSR count). The number of carbonyl (C=O) groups excluding carboxylic acids is 2. The van der Waals surface area contributed by atoms with E-state index < -0.39 is 41.9 Å². The van der Waals surface area contributed by atoms with Crippen molar-refractivity contribution in [1.29, 1.82) is 0 Å². The van der Waals surface area contributed by atoms with Crippen LogP contribution in [0.1, 0.15) is 0 Å². The third kappa shape index (κ3) is 8.08. The molecule has 0 fully saturated rings. The zero-order valence-corrected chi connectivity index (χ0v) is 26.0. The summed E-state index contributed by atoms with van der Waals surface area (Å²) in [5.74, 6) is 0.831. The summed E-state index contributed by atoms with van der Waals surface area (Å²) in [6.45, 7) is 0. The lowest BCUT2D eigenvalue weighted by atomic mass is 10.3. The Hall–Kier alpha value is -5.13. The van der Waals surface area contributed by atoms with E-state index in [1.807, 2.05) is 9.44 Å². The molecule has 4 N–H and O–H groups in total. The molecule has 0 saturated carbocycles. The van der Waals surface area contributed by atoms with Crippen LogP contribution in [-0.2, 0) is 29.9 Å². The van der Waals surface area contributed by atoms with Crippen LogP contribution < -0.4 is 29.6 Å². The zero-order chi connectivity index (χ0) is 32.8. The second-order valence-corrected chi connectivity index (χ2v) is 14.3. The first-order chi connectivity index (χ1) is 21.2. The fourth-order valence-electron chi connectivity index (χ4n) is 3.80. The largest absolute Gasteiger partial charge is 0.497 e. The minimum Gasteiger partial charge on any atom is -0.497 e. The van der Waals surface area contributed by atoms with Crippen molar-refractivity contribution in [1.82, 2.24) is 9.44 Å². The molecule has 0 aliphatic heterocycles. The molecule has 0 heterocycles. The Balaban J connectivity index is 1.45. The van der Waals surface area contributed by atoms with Crippen LogP contribution in [0.5, 0.6) is 11.5 Å². The number of sulfone groups is 1. The number of nitrogens with one attached hydrogen (secondary N) is 4. The Labute approximate surface area is 259 Å². The molecule has 14 nitrogen and oxygen atoms in total. The normalized spacial score (nSPS) is 11.6. The number of methoxy groups -OCH3 is 2. The molecule has 236 valence electrons.